The van der Waals surface area contributed by atoms with E-state index in [0.717, 1.165) is 22.4 Å². The number of carbonyl (C=O) groups excluding carboxylic acids is 1. The Morgan fingerprint density at radius 2 is 1.33 bits per heavy atom. The maximum Gasteiger partial charge on any atom is 0.310 e. The Kier molecular flexibility index (Phi) is 12.5. The first kappa shape index (κ1) is 35.8. The smallest absolute Gasteiger partial charge is 0.310 e. The summed E-state index contributed by atoms with van der Waals surface area (Å²) in [5.74, 6) is 0.624. The summed E-state index contributed by atoms with van der Waals surface area (Å²) in [6.07, 6.45) is 1.71. The Balaban J connectivity index is 0.000000215. The first-order valence-corrected chi connectivity index (χ1v) is 16.5. The molecule has 0 amide bonds. The van der Waals surface area contributed by atoms with Gasteiger partial charge in [0.15, 0.2) is 0 Å². The monoisotopic (exact) mass is 742 g/mol. The lowest BCUT2D eigenvalue weighted by Crippen LogP contribution is -2.18. The van der Waals surface area contributed by atoms with Gasteiger partial charge in [-0.3, -0.25) is 4.79 Å². The van der Waals surface area contributed by atoms with Crippen LogP contribution in [-0.4, -0.2) is 9.76 Å². The highest BCUT2D eigenvalue weighted by Gasteiger charge is 2.61. The molecule has 0 bridgehead atoms. The molecule has 4 aromatic carbocycles. The van der Waals surface area contributed by atoms with Crippen LogP contribution in [0, 0.1) is 17.3 Å². The number of allylic oxidation sites excluding steroid dienone is 1. The van der Waals surface area contributed by atoms with Crippen molar-refractivity contribution in [2.45, 2.75) is 30.2 Å². The van der Waals surface area contributed by atoms with E-state index in [9.17, 15) is 4.79 Å². The highest BCUT2D eigenvalue weighted by Crippen LogP contribution is 2.60. The van der Waals surface area contributed by atoms with Crippen LogP contribution in [0.2, 0.25) is 10.0 Å². The van der Waals surface area contributed by atoms with Crippen molar-refractivity contribution in [3.8, 4) is 11.5 Å². The summed E-state index contributed by atoms with van der Waals surface area (Å²) in [6.45, 7) is 4.21. The predicted molar refractivity (Wildman–Crippen MR) is 188 cm³/mol. The van der Waals surface area contributed by atoms with Crippen LogP contribution in [0.1, 0.15) is 36.5 Å². The van der Waals surface area contributed by atoms with E-state index >= 15 is 0 Å². The van der Waals surface area contributed by atoms with Gasteiger partial charge in [-0.05, 0) is 82.6 Å². The van der Waals surface area contributed by atoms with E-state index in [1.807, 2.05) is 92.7 Å². The molecule has 2 atom stereocenters. The molecule has 236 valence electrons. The molecule has 4 aromatic rings. The average molecular weight is 746 g/mol. The lowest BCUT2D eigenvalue weighted by atomic mass is 9.92. The van der Waals surface area contributed by atoms with Crippen LogP contribution < -0.4 is 4.74 Å². The number of rotatable bonds is 8. The van der Waals surface area contributed by atoms with E-state index in [1.54, 1.807) is 30.3 Å². The Hall–Kier alpha value is -2.08. The van der Waals surface area contributed by atoms with Crippen molar-refractivity contribution in [2.75, 3.05) is 0 Å². The van der Waals surface area contributed by atoms with Crippen LogP contribution in [0.5, 0.6) is 11.5 Å². The molecule has 1 aliphatic carbocycles. The molecule has 0 heterocycles. The maximum absolute atomic E-state index is 12.4. The molecule has 0 aliphatic heterocycles. The van der Waals surface area contributed by atoms with Crippen molar-refractivity contribution in [1.29, 1.82) is 0 Å². The van der Waals surface area contributed by atoms with Gasteiger partial charge in [0.25, 0.3) is 0 Å². The minimum absolute atomic E-state index is 0.00717. The van der Waals surface area contributed by atoms with Crippen LogP contribution >= 0.6 is 81.2 Å². The second-order valence-electron chi connectivity index (χ2n) is 11.0. The zero-order chi connectivity index (χ0) is 32.8. The Bertz CT molecular complexity index is 1550. The molecule has 1 saturated carbocycles. The fourth-order valence-corrected chi connectivity index (χ4v) is 6.30. The second kappa shape index (κ2) is 15.7. The molecule has 0 radical (unpaired) electrons. The van der Waals surface area contributed by atoms with Gasteiger partial charge >= 0.3 is 5.97 Å². The van der Waals surface area contributed by atoms with Crippen LogP contribution in [-0.2, 0) is 16.1 Å². The Morgan fingerprint density at radius 3 is 1.84 bits per heavy atom. The number of carbonyl (C=O) groups is 1. The lowest BCUT2D eigenvalue weighted by Gasteiger charge is -2.25. The molecule has 2 unspecified atom stereocenters. The summed E-state index contributed by atoms with van der Waals surface area (Å²) in [5.41, 5.74) is 2.44. The maximum atomic E-state index is 12.4. The minimum Gasteiger partial charge on any atom is -0.461 e. The van der Waals surface area contributed by atoms with Gasteiger partial charge < -0.3 is 9.47 Å². The van der Waals surface area contributed by atoms with Crippen molar-refractivity contribution in [2.24, 2.45) is 17.3 Å². The van der Waals surface area contributed by atoms with E-state index in [4.69, 9.17) is 90.7 Å². The molecule has 10 heteroatoms. The van der Waals surface area contributed by atoms with Crippen molar-refractivity contribution >= 4 is 87.2 Å². The first-order chi connectivity index (χ1) is 21.3. The number of alkyl halides is 3. The fourth-order valence-electron chi connectivity index (χ4n) is 5.02. The Morgan fingerprint density at radius 1 is 0.800 bits per heavy atom. The van der Waals surface area contributed by atoms with E-state index in [0.29, 0.717) is 15.8 Å². The van der Waals surface area contributed by atoms with Gasteiger partial charge in [-0.15, -0.1) is 0 Å². The predicted octanol–water partition coefficient (Wildman–Crippen LogP) is 12.6. The summed E-state index contributed by atoms with van der Waals surface area (Å²) in [7, 11) is 0. The number of para-hydroxylation sites is 1. The van der Waals surface area contributed by atoms with Gasteiger partial charge in [0, 0.05) is 10.0 Å². The SMILES string of the molecule is CC1(C)C(C=C(Cl)Cl)C1C(=O)OCc1cccc(Oc2ccccc2)c1.Clc1ccc(C(c2ccc(Cl)cc2)C(Cl)(Cl)Cl)cc1. The molecule has 0 N–H and O–H groups in total. The quantitative estimate of drug-likeness (QED) is 0.133. The number of hydrogen-bond acceptors (Lipinski definition) is 3. The largest absolute Gasteiger partial charge is 0.461 e. The van der Waals surface area contributed by atoms with Gasteiger partial charge in [-0.25, -0.2) is 0 Å². The van der Waals surface area contributed by atoms with Crippen LogP contribution in [0.4, 0.5) is 0 Å². The standard InChI is InChI=1S/C21H20Cl2O3.C14H9Cl5/c1-21(2)17(12-18(22)23)19(21)20(24)25-13-14-7-6-10-16(11-14)26-15-8-4-3-5-9-15;15-11-5-1-9(2-6-11)13(14(17,18)19)10-3-7-12(16)8-4-10/h3-12,17,19H,13H2,1-2H3;1-8,13H. The molecule has 1 fully saturated rings. The molecular weight excluding hydrogens is 717 g/mol. The van der Waals surface area contributed by atoms with Gasteiger partial charge in [0.05, 0.1) is 11.8 Å². The van der Waals surface area contributed by atoms with Crippen LogP contribution in [0.25, 0.3) is 0 Å². The Labute approximate surface area is 298 Å². The normalized spacial score (nSPS) is 16.7. The summed E-state index contributed by atoms with van der Waals surface area (Å²) in [6, 6.07) is 31.5. The third-order valence-corrected chi connectivity index (χ3v) is 8.87. The van der Waals surface area contributed by atoms with E-state index in [1.165, 1.54) is 0 Å². The van der Waals surface area contributed by atoms with E-state index in [-0.39, 0.29) is 40.2 Å². The number of hydrogen-bond donors (Lipinski definition) is 0. The number of benzene rings is 4. The zero-order valence-corrected chi connectivity index (χ0v) is 29.5. The third kappa shape index (κ3) is 10.2. The van der Waals surface area contributed by atoms with Gasteiger partial charge in [0.2, 0.25) is 3.79 Å². The fraction of sp³-hybridized carbons (Fsp3) is 0.229. The average Bonchev–Trinajstić information content (AvgIpc) is 3.52. The number of halogens is 7. The molecule has 5 rings (SSSR count). The third-order valence-electron chi connectivity index (χ3n) is 7.46. The minimum atomic E-state index is -1.46. The van der Waals surface area contributed by atoms with Crippen molar-refractivity contribution in [3.63, 3.8) is 0 Å². The number of esters is 1. The van der Waals surface area contributed by atoms with Crippen molar-refractivity contribution in [1.82, 2.24) is 0 Å². The highest BCUT2D eigenvalue weighted by molar-refractivity contribution is 6.68. The van der Waals surface area contributed by atoms with Crippen LogP contribution in [0.15, 0.2) is 114 Å². The summed E-state index contributed by atoms with van der Waals surface area (Å²) < 4.78 is 10.0. The summed E-state index contributed by atoms with van der Waals surface area (Å²) >= 11 is 41.6. The topological polar surface area (TPSA) is 35.5 Å². The summed E-state index contributed by atoms with van der Waals surface area (Å²) in [4.78, 5) is 12.4. The lowest BCUT2D eigenvalue weighted by molar-refractivity contribution is -0.147. The molecule has 0 aromatic heterocycles. The molecule has 0 saturated heterocycles. The van der Waals surface area contributed by atoms with E-state index < -0.39 is 3.79 Å². The van der Waals surface area contributed by atoms with E-state index in [2.05, 4.69) is 0 Å². The summed E-state index contributed by atoms with van der Waals surface area (Å²) in [5, 5.41) is 1.28. The van der Waals surface area contributed by atoms with Gasteiger partial charge in [0.1, 0.15) is 22.6 Å². The molecule has 3 nitrogen and oxygen atoms in total. The number of ether oxygens (including phenoxy) is 2. The van der Waals surface area contributed by atoms with Crippen molar-refractivity contribution < 1.29 is 14.3 Å². The second-order valence-corrected chi connectivity index (χ2v) is 15.3. The molecule has 45 heavy (non-hydrogen) atoms. The highest BCUT2D eigenvalue weighted by atomic mass is 35.6. The molecular formula is C35H29Cl7O3. The zero-order valence-electron chi connectivity index (χ0n) is 24.2. The van der Waals surface area contributed by atoms with Crippen LogP contribution in [0.3, 0.4) is 0 Å². The molecule has 1 aliphatic rings. The van der Waals surface area contributed by atoms with Crippen molar-refractivity contribution in [3.05, 3.63) is 140 Å². The van der Waals surface area contributed by atoms with Gasteiger partial charge in [-0.2, -0.15) is 0 Å². The van der Waals surface area contributed by atoms with Gasteiger partial charge in [-0.1, -0.05) is 150 Å². The first-order valence-electron chi connectivity index (χ1n) is 13.8. The molecule has 0 spiro atoms.